The molecule has 1 aliphatic rings. The molecule has 0 spiro atoms. The van der Waals surface area contributed by atoms with E-state index in [-0.39, 0.29) is 11.6 Å². The van der Waals surface area contributed by atoms with Gasteiger partial charge in [-0.3, -0.25) is 9.36 Å². The highest BCUT2D eigenvalue weighted by molar-refractivity contribution is 5.96. The first-order chi connectivity index (χ1) is 11.8. The predicted molar refractivity (Wildman–Crippen MR) is 96.6 cm³/mol. The first kappa shape index (κ1) is 13.3. The van der Waals surface area contributed by atoms with E-state index >= 15 is 0 Å². The molecule has 0 amide bonds. The van der Waals surface area contributed by atoms with Crippen LogP contribution in [0.5, 0.6) is 0 Å². The van der Waals surface area contributed by atoms with Crippen LogP contribution < -0.4 is 10.9 Å². The number of rotatable bonds is 1. The molecule has 1 N–H and O–H groups in total. The Hall–Kier alpha value is -3.14. The molecule has 5 rings (SSSR count). The summed E-state index contributed by atoms with van der Waals surface area (Å²) in [5, 5.41) is 6.11. The minimum Gasteiger partial charge on any atom is -0.353 e. The summed E-state index contributed by atoms with van der Waals surface area (Å²) < 4.78 is 1.78. The fourth-order valence-electron chi connectivity index (χ4n) is 3.52. The van der Waals surface area contributed by atoms with E-state index in [1.165, 1.54) is 0 Å². The van der Waals surface area contributed by atoms with Crippen LogP contribution in [0.3, 0.4) is 0 Å². The van der Waals surface area contributed by atoms with Crippen molar-refractivity contribution in [2.24, 2.45) is 0 Å². The second kappa shape index (κ2) is 4.93. The summed E-state index contributed by atoms with van der Waals surface area (Å²) >= 11 is 0. The average Bonchev–Trinajstić information content (AvgIpc) is 3.05. The SMILES string of the molecule is O=c1c2cc3ccccc3cc2nc2n1[C@H](c1ccccc1)CN2. The van der Waals surface area contributed by atoms with E-state index < -0.39 is 0 Å². The number of anilines is 1. The quantitative estimate of drug-likeness (QED) is 0.547. The second-order valence-corrected chi connectivity index (χ2v) is 6.13. The van der Waals surface area contributed by atoms with Crippen LogP contribution in [0.25, 0.3) is 21.7 Å². The van der Waals surface area contributed by atoms with E-state index in [2.05, 4.69) is 17.4 Å². The Morgan fingerprint density at radius 3 is 2.46 bits per heavy atom. The standard InChI is InChI=1S/C20H15N3O/c24-19-16-10-14-8-4-5-9-15(14)11-17(16)22-20-21-12-18(23(19)20)13-6-2-1-3-7-13/h1-11,18H,12H2,(H,21,22)/t18-/m0/s1. The van der Waals surface area contributed by atoms with Crippen molar-refractivity contribution in [2.75, 3.05) is 11.9 Å². The highest BCUT2D eigenvalue weighted by Gasteiger charge is 2.26. The molecule has 0 radical (unpaired) electrons. The van der Waals surface area contributed by atoms with Crippen LogP contribution in [0.2, 0.25) is 0 Å². The Labute approximate surface area is 138 Å². The fourth-order valence-corrected chi connectivity index (χ4v) is 3.52. The zero-order valence-corrected chi connectivity index (χ0v) is 12.9. The molecule has 1 atom stereocenters. The van der Waals surface area contributed by atoms with Crippen LogP contribution in [-0.4, -0.2) is 16.1 Å². The molecule has 24 heavy (non-hydrogen) atoms. The summed E-state index contributed by atoms with van der Waals surface area (Å²) in [5.74, 6) is 0.650. The molecule has 0 saturated heterocycles. The summed E-state index contributed by atoms with van der Waals surface area (Å²) in [6, 6.07) is 22.1. The van der Waals surface area contributed by atoms with Gasteiger partial charge in [0.2, 0.25) is 5.95 Å². The van der Waals surface area contributed by atoms with Gasteiger partial charge < -0.3 is 5.32 Å². The molecular formula is C20H15N3O. The molecule has 0 unspecified atom stereocenters. The van der Waals surface area contributed by atoms with E-state index in [1.54, 1.807) is 4.57 Å². The van der Waals surface area contributed by atoms with E-state index in [0.717, 1.165) is 21.9 Å². The van der Waals surface area contributed by atoms with E-state index in [4.69, 9.17) is 4.98 Å². The molecule has 0 bridgehead atoms. The third kappa shape index (κ3) is 1.86. The normalized spacial score (nSPS) is 16.2. The molecule has 0 saturated carbocycles. The van der Waals surface area contributed by atoms with Crippen LogP contribution in [0.15, 0.2) is 71.5 Å². The zero-order valence-electron chi connectivity index (χ0n) is 12.9. The van der Waals surface area contributed by atoms with E-state index in [9.17, 15) is 4.79 Å². The second-order valence-electron chi connectivity index (χ2n) is 6.13. The number of hydrogen-bond donors (Lipinski definition) is 1. The van der Waals surface area contributed by atoms with Gasteiger partial charge in [-0.25, -0.2) is 4.98 Å². The molecule has 0 aliphatic carbocycles. The molecule has 4 aromatic rings. The lowest BCUT2D eigenvalue weighted by atomic mass is 10.1. The van der Waals surface area contributed by atoms with Gasteiger partial charge in [0.1, 0.15) is 0 Å². The predicted octanol–water partition coefficient (Wildman–Crippen LogP) is 3.56. The molecule has 2 heterocycles. The Morgan fingerprint density at radius 2 is 1.67 bits per heavy atom. The van der Waals surface area contributed by atoms with Crippen molar-refractivity contribution < 1.29 is 0 Å². The van der Waals surface area contributed by atoms with Crippen molar-refractivity contribution in [1.29, 1.82) is 0 Å². The number of nitrogens with zero attached hydrogens (tertiary/aromatic N) is 2. The van der Waals surface area contributed by atoms with Gasteiger partial charge in [0, 0.05) is 6.54 Å². The fraction of sp³-hybridized carbons (Fsp3) is 0.100. The van der Waals surface area contributed by atoms with Gasteiger partial charge in [-0.05, 0) is 28.5 Å². The van der Waals surface area contributed by atoms with Gasteiger partial charge >= 0.3 is 0 Å². The lowest BCUT2D eigenvalue weighted by molar-refractivity contribution is 0.649. The van der Waals surface area contributed by atoms with Crippen molar-refractivity contribution in [3.63, 3.8) is 0 Å². The van der Waals surface area contributed by atoms with Crippen LogP contribution in [0.1, 0.15) is 11.6 Å². The van der Waals surface area contributed by atoms with Crippen molar-refractivity contribution in [2.45, 2.75) is 6.04 Å². The molecule has 4 heteroatoms. The van der Waals surface area contributed by atoms with Crippen molar-refractivity contribution in [3.05, 3.63) is 82.6 Å². The largest absolute Gasteiger partial charge is 0.353 e. The van der Waals surface area contributed by atoms with Gasteiger partial charge in [-0.15, -0.1) is 0 Å². The van der Waals surface area contributed by atoms with E-state index in [1.807, 2.05) is 54.6 Å². The molecule has 116 valence electrons. The summed E-state index contributed by atoms with van der Waals surface area (Å²) in [5.41, 5.74) is 1.87. The highest BCUT2D eigenvalue weighted by atomic mass is 16.1. The van der Waals surface area contributed by atoms with Crippen molar-refractivity contribution in [1.82, 2.24) is 9.55 Å². The molecule has 4 nitrogen and oxygen atoms in total. The monoisotopic (exact) mass is 313 g/mol. The molecule has 0 fully saturated rings. The minimum absolute atomic E-state index is 0.0135. The van der Waals surface area contributed by atoms with Gasteiger partial charge in [0.15, 0.2) is 0 Å². The van der Waals surface area contributed by atoms with Crippen molar-refractivity contribution >= 4 is 27.6 Å². The maximum atomic E-state index is 13.1. The van der Waals surface area contributed by atoms with Crippen LogP contribution in [0.4, 0.5) is 5.95 Å². The van der Waals surface area contributed by atoms with Crippen LogP contribution in [-0.2, 0) is 0 Å². The van der Waals surface area contributed by atoms with Crippen LogP contribution in [0, 0.1) is 0 Å². The topological polar surface area (TPSA) is 46.9 Å². The Balaban J connectivity index is 1.80. The summed E-state index contributed by atoms with van der Waals surface area (Å²) in [4.78, 5) is 17.8. The lowest BCUT2D eigenvalue weighted by Gasteiger charge is -2.13. The maximum absolute atomic E-state index is 13.1. The molecular weight excluding hydrogens is 298 g/mol. The van der Waals surface area contributed by atoms with E-state index in [0.29, 0.717) is 17.9 Å². The third-order valence-electron chi connectivity index (χ3n) is 4.72. The highest BCUT2D eigenvalue weighted by Crippen LogP contribution is 2.28. The molecule has 1 aromatic heterocycles. The van der Waals surface area contributed by atoms with Gasteiger partial charge in [0.25, 0.3) is 5.56 Å². The number of benzene rings is 3. The number of aromatic nitrogens is 2. The summed E-state index contributed by atoms with van der Waals surface area (Å²) in [6.45, 7) is 0.683. The number of hydrogen-bond acceptors (Lipinski definition) is 3. The lowest BCUT2D eigenvalue weighted by Crippen LogP contribution is -2.24. The van der Waals surface area contributed by atoms with Gasteiger partial charge in [0.05, 0.1) is 16.9 Å². The Bertz CT molecular complexity index is 1130. The van der Waals surface area contributed by atoms with Crippen molar-refractivity contribution in [3.8, 4) is 0 Å². The van der Waals surface area contributed by atoms with Gasteiger partial charge in [-0.1, -0.05) is 54.6 Å². The first-order valence-electron chi connectivity index (χ1n) is 8.05. The maximum Gasteiger partial charge on any atom is 0.263 e. The smallest absolute Gasteiger partial charge is 0.263 e. The van der Waals surface area contributed by atoms with Crippen LogP contribution >= 0.6 is 0 Å². The zero-order chi connectivity index (χ0) is 16.1. The molecule has 1 aliphatic heterocycles. The average molecular weight is 313 g/mol. The van der Waals surface area contributed by atoms with Gasteiger partial charge in [-0.2, -0.15) is 0 Å². The Morgan fingerprint density at radius 1 is 0.958 bits per heavy atom. The Kier molecular flexibility index (Phi) is 2.73. The first-order valence-corrected chi connectivity index (χ1v) is 8.05. The number of fused-ring (bicyclic) bond motifs is 3. The third-order valence-corrected chi connectivity index (χ3v) is 4.72. The minimum atomic E-state index is -0.0166. The molecule has 3 aromatic carbocycles. The number of nitrogens with one attached hydrogen (secondary N) is 1. The summed E-state index contributed by atoms with van der Waals surface area (Å²) in [7, 11) is 0. The summed E-state index contributed by atoms with van der Waals surface area (Å²) in [6.07, 6.45) is 0.